The Labute approximate surface area is 195 Å². The minimum absolute atomic E-state index is 0.0453. The lowest BCUT2D eigenvalue weighted by molar-refractivity contribution is -0.131. The maximum absolute atomic E-state index is 12.7. The molecule has 4 rings (SSSR count). The number of furan rings is 1. The molecule has 0 unspecified atom stereocenters. The zero-order chi connectivity index (χ0) is 23.2. The van der Waals surface area contributed by atoms with E-state index in [0.29, 0.717) is 22.4 Å². The molecule has 0 saturated carbocycles. The number of carbonyl (C=O) groups is 2. The standard InChI is InChI=1S/C24H23N5O3S/c1-17-10-12-18(13-11-17)25-21(30)15-28(2)22(31)16-33-24-27-26-23(20-9-6-14-32-20)29(24)19-7-4-3-5-8-19/h3-14H,15-16H2,1-2H3,(H,25,30). The summed E-state index contributed by atoms with van der Waals surface area (Å²) in [5, 5.41) is 11.9. The first-order chi connectivity index (χ1) is 16.0. The van der Waals surface area contributed by atoms with Crippen LogP contribution in [0.15, 0.2) is 82.6 Å². The molecule has 0 aliphatic heterocycles. The number of aryl methyl sites for hydroxylation is 1. The van der Waals surface area contributed by atoms with Crippen molar-refractivity contribution in [3.63, 3.8) is 0 Å². The number of thioether (sulfide) groups is 1. The molecular weight excluding hydrogens is 438 g/mol. The smallest absolute Gasteiger partial charge is 0.243 e. The predicted molar refractivity (Wildman–Crippen MR) is 127 cm³/mol. The molecular formula is C24H23N5O3S. The van der Waals surface area contributed by atoms with Gasteiger partial charge in [0, 0.05) is 18.4 Å². The van der Waals surface area contributed by atoms with Gasteiger partial charge in [0.25, 0.3) is 0 Å². The number of amides is 2. The third kappa shape index (κ3) is 5.50. The summed E-state index contributed by atoms with van der Waals surface area (Å²) in [5.74, 6) is 0.784. The van der Waals surface area contributed by atoms with E-state index in [0.717, 1.165) is 11.3 Å². The van der Waals surface area contributed by atoms with E-state index in [-0.39, 0.29) is 24.1 Å². The molecule has 9 heteroatoms. The topological polar surface area (TPSA) is 93.3 Å². The average Bonchev–Trinajstić information content (AvgIpc) is 3.49. The number of rotatable bonds is 8. The normalized spacial score (nSPS) is 10.7. The van der Waals surface area contributed by atoms with Crippen LogP contribution >= 0.6 is 11.8 Å². The molecule has 0 atom stereocenters. The van der Waals surface area contributed by atoms with Crippen LogP contribution in [-0.4, -0.2) is 50.8 Å². The molecule has 168 valence electrons. The molecule has 33 heavy (non-hydrogen) atoms. The van der Waals surface area contributed by atoms with Gasteiger partial charge < -0.3 is 14.6 Å². The first-order valence-electron chi connectivity index (χ1n) is 10.3. The Morgan fingerprint density at radius 3 is 2.48 bits per heavy atom. The van der Waals surface area contributed by atoms with Crippen molar-refractivity contribution in [1.82, 2.24) is 19.7 Å². The number of para-hydroxylation sites is 1. The van der Waals surface area contributed by atoms with Gasteiger partial charge in [0.15, 0.2) is 10.9 Å². The number of hydrogen-bond acceptors (Lipinski definition) is 6. The van der Waals surface area contributed by atoms with Gasteiger partial charge in [0.05, 0.1) is 18.6 Å². The lowest BCUT2D eigenvalue weighted by atomic mass is 10.2. The van der Waals surface area contributed by atoms with Crippen LogP contribution in [0.3, 0.4) is 0 Å². The molecule has 0 fully saturated rings. The summed E-state index contributed by atoms with van der Waals surface area (Å²) in [4.78, 5) is 26.4. The van der Waals surface area contributed by atoms with Crippen molar-refractivity contribution in [2.75, 3.05) is 24.7 Å². The first-order valence-corrected chi connectivity index (χ1v) is 11.3. The Kier molecular flexibility index (Phi) is 6.89. The summed E-state index contributed by atoms with van der Waals surface area (Å²) in [6.07, 6.45) is 1.58. The van der Waals surface area contributed by atoms with E-state index in [1.165, 1.54) is 16.7 Å². The van der Waals surface area contributed by atoms with Crippen molar-refractivity contribution >= 4 is 29.3 Å². The molecule has 0 bridgehead atoms. The number of likely N-dealkylation sites (N-methyl/N-ethyl adjacent to an activating group) is 1. The molecule has 0 aliphatic rings. The summed E-state index contributed by atoms with van der Waals surface area (Å²) in [5.41, 5.74) is 2.66. The van der Waals surface area contributed by atoms with Crippen LogP contribution in [0.4, 0.5) is 5.69 Å². The van der Waals surface area contributed by atoms with E-state index < -0.39 is 0 Å². The Bertz CT molecular complexity index is 1220. The third-order valence-electron chi connectivity index (χ3n) is 4.86. The van der Waals surface area contributed by atoms with Gasteiger partial charge in [-0.2, -0.15) is 0 Å². The Hall–Kier alpha value is -3.85. The van der Waals surface area contributed by atoms with Crippen LogP contribution < -0.4 is 5.32 Å². The fourth-order valence-electron chi connectivity index (χ4n) is 3.12. The van der Waals surface area contributed by atoms with Crippen molar-refractivity contribution in [1.29, 1.82) is 0 Å². The maximum Gasteiger partial charge on any atom is 0.243 e. The molecule has 4 aromatic rings. The number of aromatic nitrogens is 3. The largest absolute Gasteiger partial charge is 0.461 e. The zero-order valence-electron chi connectivity index (χ0n) is 18.3. The highest BCUT2D eigenvalue weighted by atomic mass is 32.2. The molecule has 0 aliphatic carbocycles. The van der Waals surface area contributed by atoms with E-state index in [1.807, 2.05) is 72.2 Å². The predicted octanol–water partition coefficient (Wildman–Crippen LogP) is 4.02. The number of nitrogens with one attached hydrogen (secondary N) is 1. The van der Waals surface area contributed by atoms with Crippen molar-refractivity contribution in [3.8, 4) is 17.3 Å². The second kappa shape index (κ2) is 10.2. The highest BCUT2D eigenvalue weighted by Gasteiger charge is 2.20. The van der Waals surface area contributed by atoms with Gasteiger partial charge in [-0.05, 0) is 43.3 Å². The summed E-state index contributed by atoms with van der Waals surface area (Å²) < 4.78 is 7.35. The summed E-state index contributed by atoms with van der Waals surface area (Å²) in [6, 6.07) is 20.7. The summed E-state index contributed by atoms with van der Waals surface area (Å²) in [7, 11) is 1.60. The van der Waals surface area contributed by atoms with Crippen LogP contribution in [0, 0.1) is 6.92 Å². The van der Waals surface area contributed by atoms with Crippen LogP contribution in [-0.2, 0) is 9.59 Å². The number of nitrogens with zero attached hydrogens (tertiary/aromatic N) is 4. The van der Waals surface area contributed by atoms with Crippen molar-refractivity contribution in [3.05, 3.63) is 78.6 Å². The van der Waals surface area contributed by atoms with Crippen LogP contribution in [0.25, 0.3) is 17.3 Å². The molecule has 2 amide bonds. The summed E-state index contributed by atoms with van der Waals surface area (Å²) >= 11 is 1.25. The molecule has 2 aromatic heterocycles. The molecule has 0 radical (unpaired) electrons. The van der Waals surface area contributed by atoms with Crippen molar-refractivity contribution in [2.24, 2.45) is 0 Å². The number of benzene rings is 2. The fourth-order valence-corrected chi connectivity index (χ4v) is 4.01. The van der Waals surface area contributed by atoms with Gasteiger partial charge in [0.2, 0.25) is 17.6 Å². The second-order valence-electron chi connectivity index (χ2n) is 7.41. The minimum Gasteiger partial charge on any atom is -0.461 e. The van der Waals surface area contributed by atoms with Crippen molar-refractivity contribution in [2.45, 2.75) is 12.1 Å². The van der Waals surface area contributed by atoms with E-state index in [1.54, 1.807) is 19.4 Å². The fraction of sp³-hybridized carbons (Fsp3) is 0.167. The van der Waals surface area contributed by atoms with Crippen molar-refractivity contribution < 1.29 is 14.0 Å². The molecule has 2 heterocycles. The quantitative estimate of drug-likeness (QED) is 0.398. The molecule has 1 N–H and O–H groups in total. The van der Waals surface area contributed by atoms with Gasteiger partial charge in [-0.1, -0.05) is 47.7 Å². The van der Waals surface area contributed by atoms with Gasteiger partial charge in [0.1, 0.15) is 0 Å². The van der Waals surface area contributed by atoms with Gasteiger partial charge in [-0.15, -0.1) is 10.2 Å². The zero-order valence-corrected chi connectivity index (χ0v) is 19.1. The number of carbonyl (C=O) groups excluding carboxylic acids is 2. The second-order valence-corrected chi connectivity index (χ2v) is 8.35. The van der Waals surface area contributed by atoms with Crippen LogP contribution in [0.5, 0.6) is 0 Å². The van der Waals surface area contributed by atoms with E-state index in [9.17, 15) is 9.59 Å². The Morgan fingerprint density at radius 1 is 1.03 bits per heavy atom. The van der Waals surface area contributed by atoms with Gasteiger partial charge in [-0.3, -0.25) is 14.2 Å². The van der Waals surface area contributed by atoms with Gasteiger partial charge >= 0.3 is 0 Å². The van der Waals surface area contributed by atoms with Crippen LogP contribution in [0.1, 0.15) is 5.56 Å². The first kappa shape index (κ1) is 22.3. The molecule has 2 aromatic carbocycles. The van der Waals surface area contributed by atoms with Gasteiger partial charge in [-0.25, -0.2) is 0 Å². The van der Waals surface area contributed by atoms with E-state index in [4.69, 9.17) is 4.42 Å². The lowest BCUT2D eigenvalue weighted by Crippen LogP contribution is -2.36. The van der Waals surface area contributed by atoms with Crippen LogP contribution in [0.2, 0.25) is 0 Å². The minimum atomic E-state index is -0.257. The highest BCUT2D eigenvalue weighted by Crippen LogP contribution is 2.28. The molecule has 0 spiro atoms. The van der Waals surface area contributed by atoms with E-state index >= 15 is 0 Å². The number of hydrogen-bond donors (Lipinski definition) is 1. The third-order valence-corrected chi connectivity index (χ3v) is 5.77. The molecule has 8 nitrogen and oxygen atoms in total. The highest BCUT2D eigenvalue weighted by molar-refractivity contribution is 7.99. The van der Waals surface area contributed by atoms with E-state index in [2.05, 4.69) is 15.5 Å². The average molecular weight is 462 g/mol. The lowest BCUT2D eigenvalue weighted by Gasteiger charge is -2.17. The molecule has 0 saturated heterocycles. The monoisotopic (exact) mass is 461 g/mol. The number of anilines is 1. The maximum atomic E-state index is 12.7. The Morgan fingerprint density at radius 2 is 1.79 bits per heavy atom. The Balaban J connectivity index is 1.41. The SMILES string of the molecule is Cc1ccc(NC(=O)CN(C)C(=O)CSc2nnc(-c3ccco3)n2-c2ccccc2)cc1. The summed E-state index contributed by atoms with van der Waals surface area (Å²) in [6.45, 7) is 1.93.